The zero-order valence-electron chi connectivity index (χ0n) is 15.7. The summed E-state index contributed by atoms with van der Waals surface area (Å²) in [6.45, 7) is 8.29. The van der Waals surface area contributed by atoms with E-state index in [9.17, 15) is 14.7 Å². The second-order valence-electron chi connectivity index (χ2n) is 6.99. The van der Waals surface area contributed by atoms with Crippen molar-refractivity contribution in [3.63, 3.8) is 0 Å². The maximum Gasteiger partial charge on any atom is 1.00 e. The fraction of sp³-hybridized carbons (Fsp3) is 0.889. The van der Waals surface area contributed by atoms with E-state index >= 15 is 0 Å². The molecule has 1 N–H and O–H groups in total. The molecule has 0 aliphatic heterocycles. The number of aliphatic carboxylic acids is 2. The number of carboxylic acids is 2. The van der Waals surface area contributed by atoms with Gasteiger partial charge in [-0.3, -0.25) is 4.79 Å². The summed E-state index contributed by atoms with van der Waals surface area (Å²) < 4.78 is 0. The van der Waals surface area contributed by atoms with E-state index in [0.717, 1.165) is 44.9 Å². The summed E-state index contributed by atoms with van der Waals surface area (Å²) in [6, 6.07) is 0. The summed E-state index contributed by atoms with van der Waals surface area (Å²) in [4.78, 5) is 21.1. The van der Waals surface area contributed by atoms with Gasteiger partial charge in [-0.1, -0.05) is 47.0 Å². The Balaban J connectivity index is 0. The molecule has 130 valence electrons. The van der Waals surface area contributed by atoms with Gasteiger partial charge in [0.15, 0.2) is 0 Å². The van der Waals surface area contributed by atoms with Crippen LogP contribution in [0.15, 0.2) is 0 Å². The third kappa shape index (κ3) is 9.73. The van der Waals surface area contributed by atoms with Crippen LogP contribution in [0.3, 0.4) is 0 Å². The summed E-state index contributed by atoms with van der Waals surface area (Å²) in [5.41, 5.74) is -0.535. The Morgan fingerprint density at radius 3 is 2.04 bits per heavy atom. The minimum atomic E-state index is -0.839. The maximum absolute atomic E-state index is 11.1. The molecule has 0 heterocycles. The van der Waals surface area contributed by atoms with Crippen molar-refractivity contribution in [2.45, 2.75) is 85.5 Å². The Hall–Kier alpha value is -0.0600. The summed E-state index contributed by atoms with van der Waals surface area (Å²) >= 11 is 0. The summed E-state index contributed by atoms with van der Waals surface area (Å²) in [5.74, 6) is -0.628. The zero-order chi connectivity index (χ0) is 17.2. The molecular formula is C18H33NaO4. The number of carbonyl (C=O) groups is 2. The first-order valence-electron chi connectivity index (χ1n) is 8.69. The van der Waals surface area contributed by atoms with Gasteiger partial charge in [0.25, 0.3) is 0 Å². The number of carbonyl (C=O) groups excluding carboxylic acids is 1. The molecule has 1 aliphatic rings. The minimum Gasteiger partial charge on any atom is -0.550 e. The monoisotopic (exact) mass is 336 g/mol. The van der Waals surface area contributed by atoms with E-state index in [1.807, 2.05) is 13.8 Å². The molecule has 0 aromatic rings. The molecule has 4 nitrogen and oxygen atoms in total. The molecule has 0 amide bonds. The van der Waals surface area contributed by atoms with Crippen LogP contribution in [0, 0.1) is 17.3 Å². The Morgan fingerprint density at radius 2 is 1.70 bits per heavy atom. The molecule has 0 atom stereocenters. The van der Waals surface area contributed by atoms with Gasteiger partial charge in [0.05, 0.1) is 0 Å². The molecule has 0 bridgehead atoms. The number of hydrogen-bond donors (Lipinski definition) is 1. The van der Waals surface area contributed by atoms with E-state index < -0.39 is 17.4 Å². The number of carboxylic acid groups (broad SMARTS) is 2. The van der Waals surface area contributed by atoms with Crippen LogP contribution in [0.5, 0.6) is 0 Å². The third-order valence-electron chi connectivity index (χ3n) is 4.92. The molecule has 0 spiro atoms. The minimum absolute atomic E-state index is 0. The van der Waals surface area contributed by atoms with Crippen molar-refractivity contribution in [3.05, 3.63) is 0 Å². The quantitative estimate of drug-likeness (QED) is 0.546. The number of unbranched alkanes of at least 4 members (excludes halogenated alkanes) is 3. The number of rotatable bonds is 7. The van der Waals surface area contributed by atoms with E-state index in [1.165, 1.54) is 6.42 Å². The molecular weight excluding hydrogens is 303 g/mol. The first-order valence-corrected chi connectivity index (χ1v) is 8.69. The molecule has 0 aromatic carbocycles. The van der Waals surface area contributed by atoms with Gasteiger partial charge in [0.2, 0.25) is 0 Å². The van der Waals surface area contributed by atoms with Crippen LogP contribution in [0.4, 0.5) is 0 Å². The van der Waals surface area contributed by atoms with Crippen molar-refractivity contribution in [1.29, 1.82) is 0 Å². The van der Waals surface area contributed by atoms with Gasteiger partial charge in [-0.25, -0.2) is 0 Å². The molecule has 0 saturated heterocycles. The normalized spacial score (nSPS) is 23.4. The van der Waals surface area contributed by atoms with Gasteiger partial charge < -0.3 is 15.0 Å². The molecule has 1 rings (SSSR count). The van der Waals surface area contributed by atoms with Crippen molar-refractivity contribution in [2.24, 2.45) is 17.3 Å². The van der Waals surface area contributed by atoms with Gasteiger partial charge in [-0.15, -0.1) is 0 Å². The van der Waals surface area contributed by atoms with E-state index in [1.54, 1.807) is 0 Å². The van der Waals surface area contributed by atoms with Crippen molar-refractivity contribution in [1.82, 2.24) is 0 Å². The topological polar surface area (TPSA) is 77.4 Å². The van der Waals surface area contributed by atoms with Crippen LogP contribution in [0.1, 0.15) is 85.5 Å². The Kier molecular flexibility index (Phi) is 14.5. The largest absolute Gasteiger partial charge is 1.00 e. The molecule has 23 heavy (non-hydrogen) atoms. The Morgan fingerprint density at radius 1 is 1.17 bits per heavy atom. The van der Waals surface area contributed by atoms with Crippen molar-refractivity contribution < 1.29 is 49.4 Å². The SMILES string of the molecule is CC1CCC(C(=O)[O-])(C(C)C)CC1.CCCCCCC(=O)O.[Na+]. The standard InChI is InChI=1S/C11H20O2.C7H14O2.Na/c1-8(2)11(10(12)13)6-4-9(3)5-7-11;1-2-3-4-5-6-7(8)9;/h8-9H,4-7H2,1-3H3,(H,12,13);2-6H2,1H3,(H,8,9);/q;;+1/p-1. The predicted molar refractivity (Wildman–Crippen MR) is 86.3 cm³/mol. The van der Waals surface area contributed by atoms with E-state index in [0.29, 0.717) is 12.3 Å². The van der Waals surface area contributed by atoms with Crippen molar-refractivity contribution in [2.75, 3.05) is 0 Å². The zero-order valence-corrected chi connectivity index (χ0v) is 17.7. The summed E-state index contributed by atoms with van der Waals surface area (Å²) in [7, 11) is 0. The average Bonchev–Trinajstić information content (AvgIpc) is 2.44. The number of hydrogen-bond acceptors (Lipinski definition) is 3. The Labute approximate surface area is 163 Å². The van der Waals surface area contributed by atoms with E-state index in [2.05, 4.69) is 13.8 Å². The Bertz CT molecular complexity index is 334. The second-order valence-corrected chi connectivity index (χ2v) is 6.99. The molecule has 0 aromatic heterocycles. The van der Waals surface area contributed by atoms with Gasteiger partial charge in [0.1, 0.15) is 0 Å². The molecule has 1 fully saturated rings. The third-order valence-corrected chi connectivity index (χ3v) is 4.92. The molecule has 0 radical (unpaired) electrons. The van der Waals surface area contributed by atoms with E-state index in [-0.39, 0.29) is 35.5 Å². The second kappa shape index (κ2) is 13.3. The fourth-order valence-electron chi connectivity index (χ4n) is 3.00. The van der Waals surface area contributed by atoms with Gasteiger partial charge in [-0.05, 0) is 43.9 Å². The average molecular weight is 336 g/mol. The summed E-state index contributed by atoms with van der Waals surface area (Å²) in [5, 5.41) is 19.3. The molecule has 0 unspecified atom stereocenters. The fourth-order valence-corrected chi connectivity index (χ4v) is 3.00. The van der Waals surface area contributed by atoms with Crippen LogP contribution >= 0.6 is 0 Å². The van der Waals surface area contributed by atoms with Gasteiger partial charge >= 0.3 is 35.5 Å². The van der Waals surface area contributed by atoms with Crippen molar-refractivity contribution in [3.8, 4) is 0 Å². The smallest absolute Gasteiger partial charge is 0.550 e. The van der Waals surface area contributed by atoms with Crippen LogP contribution in [-0.2, 0) is 9.59 Å². The van der Waals surface area contributed by atoms with E-state index in [4.69, 9.17) is 5.11 Å². The van der Waals surface area contributed by atoms with Crippen molar-refractivity contribution >= 4 is 11.9 Å². The first kappa shape index (κ1) is 25.2. The molecule has 5 heteroatoms. The summed E-state index contributed by atoms with van der Waals surface area (Å²) in [6.07, 6.45) is 8.22. The predicted octanol–water partition coefficient (Wildman–Crippen LogP) is 0.634. The van der Waals surface area contributed by atoms with Crippen LogP contribution in [0.2, 0.25) is 0 Å². The maximum atomic E-state index is 11.1. The van der Waals surface area contributed by atoms with Crippen LogP contribution < -0.4 is 34.7 Å². The van der Waals surface area contributed by atoms with Crippen LogP contribution in [0.25, 0.3) is 0 Å². The first-order chi connectivity index (χ1) is 10.3. The molecule has 1 aliphatic carbocycles. The molecule has 1 saturated carbocycles. The van der Waals surface area contributed by atoms with Crippen LogP contribution in [-0.4, -0.2) is 17.0 Å². The van der Waals surface area contributed by atoms with Gasteiger partial charge in [0, 0.05) is 17.8 Å². The van der Waals surface area contributed by atoms with Gasteiger partial charge in [-0.2, -0.15) is 0 Å².